The molecule has 1 heterocycles. The van der Waals surface area contributed by atoms with Crippen LogP contribution in [0.5, 0.6) is 0 Å². The Balaban J connectivity index is 1.76. The molecule has 2 aromatic rings. The Morgan fingerprint density at radius 2 is 2.05 bits per heavy atom. The average Bonchev–Trinajstić information content (AvgIpc) is 2.91. The standard InChI is InChI=1S/C16H18N2O4/c1-11-10-14(22-18-11)17-16(20)12(2)21-15(19)9-8-13-6-4-3-5-7-13/h3-7,10,12H,8-9H2,1-2H3,(H,17,20). The maximum Gasteiger partial charge on any atom is 0.306 e. The molecule has 0 radical (unpaired) electrons. The highest BCUT2D eigenvalue weighted by Gasteiger charge is 2.19. The van der Waals surface area contributed by atoms with Gasteiger partial charge in [0.05, 0.1) is 5.69 Å². The van der Waals surface area contributed by atoms with Crippen LogP contribution in [0, 0.1) is 6.92 Å². The number of carbonyl (C=O) groups excluding carboxylic acids is 2. The summed E-state index contributed by atoms with van der Waals surface area (Å²) in [7, 11) is 0. The SMILES string of the molecule is Cc1cc(NC(=O)C(C)OC(=O)CCc2ccccc2)on1. The zero-order chi connectivity index (χ0) is 15.9. The van der Waals surface area contributed by atoms with Gasteiger partial charge in [-0.05, 0) is 25.8 Å². The first-order valence-electron chi connectivity index (χ1n) is 7.02. The molecule has 0 saturated carbocycles. The molecule has 0 aliphatic rings. The predicted molar refractivity (Wildman–Crippen MR) is 80.2 cm³/mol. The van der Waals surface area contributed by atoms with Crippen molar-refractivity contribution >= 4 is 17.8 Å². The maximum atomic E-state index is 11.9. The zero-order valence-electron chi connectivity index (χ0n) is 12.5. The van der Waals surface area contributed by atoms with Gasteiger partial charge in [-0.25, -0.2) is 0 Å². The van der Waals surface area contributed by atoms with Crippen LogP contribution < -0.4 is 5.32 Å². The number of aryl methyl sites for hydroxylation is 2. The second kappa shape index (κ2) is 7.40. The summed E-state index contributed by atoms with van der Waals surface area (Å²) >= 11 is 0. The summed E-state index contributed by atoms with van der Waals surface area (Å²) in [5.74, 6) is -0.640. The van der Waals surface area contributed by atoms with E-state index in [1.165, 1.54) is 6.92 Å². The molecule has 0 aliphatic heterocycles. The number of rotatable bonds is 6. The first kappa shape index (κ1) is 15.8. The quantitative estimate of drug-likeness (QED) is 0.829. The third-order valence-corrected chi connectivity index (χ3v) is 3.01. The van der Waals surface area contributed by atoms with E-state index in [1.807, 2.05) is 30.3 Å². The highest BCUT2D eigenvalue weighted by Crippen LogP contribution is 2.10. The summed E-state index contributed by atoms with van der Waals surface area (Å²) in [6, 6.07) is 11.2. The van der Waals surface area contributed by atoms with Gasteiger partial charge >= 0.3 is 5.97 Å². The number of aromatic nitrogens is 1. The number of nitrogens with zero attached hydrogens (tertiary/aromatic N) is 1. The monoisotopic (exact) mass is 302 g/mol. The van der Waals surface area contributed by atoms with Crippen molar-refractivity contribution in [2.24, 2.45) is 0 Å². The van der Waals surface area contributed by atoms with Gasteiger partial charge in [-0.3, -0.25) is 14.9 Å². The van der Waals surface area contributed by atoms with Crippen LogP contribution in [-0.2, 0) is 20.7 Å². The van der Waals surface area contributed by atoms with Gasteiger partial charge < -0.3 is 9.26 Å². The van der Waals surface area contributed by atoms with Crippen LogP contribution >= 0.6 is 0 Å². The number of hydrogen-bond donors (Lipinski definition) is 1. The summed E-state index contributed by atoms with van der Waals surface area (Å²) < 4.78 is 9.97. The van der Waals surface area contributed by atoms with Crippen LogP contribution in [0.3, 0.4) is 0 Å². The molecule has 1 unspecified atom stereocenters. The Labute approximate surface area is 128 Å². The van der Waals surface area contributed by atoms with Gasteiger partial charge in [0.15, 0.2) is 6.10 Å². The van der Waals surface area contributed by atoms with Gasteiger partial charge in [0, 0.05) is 12.5 Å². The van der Waals surface area contributed by atoms with Crippen molar-refractivity contribution in [1.82, 2.24) is 5.16 Å². The first-order chi connectivity index (χ1) is 10.5. The summed E-state index contributed by atoms with van der Waals surface area (Å²) in [5, 5.41) is 6.15. The van der Waals surface area contributed by atoms with Crippen LogP contribution in [0.2, 0.25) is 0 Å². The molecule has 116 valence electrons. The van der Waals surface area contributed by atoms with Gasteiger partial charge in [0.1, 0.15) is 0 Å². The third kappa shape index (κ3) is 4.73. The molecule has 0 spiro atoms. The molecule has 1 aromatic heterocycles. The van der Waals surface area contributed by atoms with Crippen molar-refractivity contribution < 1.29 is 18.8 Å². The highest BCUT2D eigenvalue weighted by atomic mass is 16.5. The van der Waals surface area contributed by atoms with E-state index in [-0.39, 0.29) is 12.3 Å². The maximum absolute atomic E-state index is 11.9. The van der Waals surface area contributed by atoms with Crippen LogP contribution in [0.4, 0.5) is 5.88 Å². The van der Waals surface area contributed by atoms with Crippen LogP contribution in [0.25, 0.3) is 0 Å². The van der Waals surface area contributed by atoms with E-state index in [4.69, 9.17) is 9.26 Å². The van der Waals surface area contributed by atoms with Crippen LogP contribution in [0.1, 0.15) is 24.6 Å². The molecule has 2 rings (SSSR count). The van der Waals surface area contributed by atoms with Crippen LogP contribution in [-0.4, -0.2) is 23.1 Å². The number of nitrogens with one attached hydrogen (secondary N) is 1. The van der Waals surface area contributed by atoms with Gasteiger partial charge in [0.2, 0.25) is 5.88 Å². The molecule has 0 bridgehead atoms. The summed E-state index contributed by atoms with van der Waals surface area (Å²) in [6.45, 7) is 3.26. The number of ether oxygens (including phenoxy) is 1. The van der Waals surface area contributed by atoms with Gasteiger partial charge in [0.25, 0.3) is 5.91 Å². The molecular weight excluding hydrogens is 284 g/mol. The predicted octanol–water partition coefficient (Wildman–Crippen LogP) is 2.49. The minimum atomic E-state index is -0.895. The fourth-order valence-corrected chi connectivity index (χ4v) is 1.85. The zero-order valence-corrected chi connectivity index (χ0v) is 12.5. The van der Waals surface area contributed by atoms with E-state index in [9.17, 15) is 9.59 Å². The molecule has 1 atom stereocenters. The van der Waals surface area contributed by atoms with Crippen molar-refractivity contribution in [2.75, 3.05) is 5.32 Å². The average molecular weight is 302 g/mol. The van der Waals surface area contributed by atoms with E-state index in [2.05, 4.69) is 10.5 Å². The lowest BCUT2D eigenvalue weighted by atomic mass is 10.1. The van der Waals surface area contributed by atoms with Crippen molar-refractivity contribution in [3.8, 4) is 0 Å². The second-order valence-electron chi connectivity index (χ2n) is 4.94. The largest absolute Gasteiger partial charge is 0.453 e. The molecular formula is C16H18N2O4. The van der Waals surface area contributed by atoms with E-state index in [0.717, 1.165) is 5.56 Å². The Hall–Kier alpha value is -2.63. The number of anilines is 1. The van der Waals surface area contributed by atoms with Gasteiger partial charge in [-0.2, -0.15) is 0 Å². The topological polar surface area (TPSA) is 81.4 Å². The molecule has 1 aromatic carbocycles. The lowest BCUT2D eigenvalue weighted by Crippen LogP contribution is -2.29. The molecule has 0 fully saturated rings. The Morgan fingerprint density at radius 1 is 1.32 bits per heavy atom. The minimum absolute atomic E-state index is 0.225. The number of hydrogen-bond acceptors (Lipinski definition) is 5. The number of amides is 1. The molecule has 0 saturated heterocycles. The van der Waals surface area contributed by atoms with Gasteiger partial charge in [-0.1, -0.05) is 35.5 Å². The Morgan fingerprint density at radius 3 is 2.68 bits per heavy atom. The normalized spacial score (nSPS) is 11.7. The summed E-state index contributed by atoms with van der Waals surface area (Å²) in [4.78, 5) is 23.6. The Kier molecular flexibility index (Phi) is 5.30. The molecule has 22 heavy (non-hydrogen) atoms. The number of esters is 1. The molecule has 6 nitrogen and oxygen atoms in total. The summed E-state index contributed by atoms with van der Waals surface area (Å²) in [5.41, 5.74) is 1.71. The smallest absolute Gasteiger partial charge is 0.306 e. The molecule has 1 amide bonds. The van der Waals surface area contributed by atoms with E-state index in [1.54, 1.807) is 13.0 Å². The van der Waals surface area contributed by atoms with Crippen molar-refractivity contribution in [3.05, 3.63) is 47.7 Å². The molecule has 0 aliphatic carbocycles. The van der Waals surface area contributed by atoms with E-state index >= 15 is 0 Å². The van der Waals surface area contributed by atoms with Crippen molar-refractivity contribution in [2.45, 2.75) is 32.8 Å². The fraction of sp³-hybridized carbons (Fsp3) is 0.312. The highest BCUT2D eigenvalue weighted by molar-refractivity contribution is 5.94. The van der Waals surface area contributed by atoms with Crippen molar-refractivity contribution in [3.63, 3.8) is 0 Å². The first-order valence-corrected chi connectivity index (χ1v) is 7.02. The Bertz CT molecular complexity index is 637. The molecule has 1 N–H and O–H groups in total. The van der Waals surface area contributed by atoms with E-state index in [0.29, 0.717) is 12.1 Å². The second-order valence-corrected chi connectivity index (χ2v) is 4.94. The van der Waals surface area contributed by atoms with Gasteiger partial charge in [-0.15, -0.1) is 0 Å². The fourth-order valence-electron chi connectivity index (χ4n) is 1.85. The lowest BCUT2D eigenvalue weighted by Gasteiger charge is -2.12. The number of benzene rings is 1. The number of carbonyl (C=O) groups is 2. The minimum Gasteiger partial charge on any atom is -0.453 e. The summed E-state index contributed by atoms with van der Waals surface area (Å²) in [6.07, 6.45) is -0.0908. The van der Waals surface area contributed by atoms with Crippen molar-refractivity contribution in [1.29, 1.82) is 0 Å². The van der Waals surface area contributed by atoms with E-state index < -0.39 is 18.0 Å². The molecule has 6 heteroatoms. The third-order valence-electron chi connectivity index (χ3n) is 3.01. The van der Waals surface area contributed by atoms with Crippen LogP contribution in [0.15, 0.2) is 40.9 Å². The lowest BCUT2D eigenvalue weighted by molar-refractivity contribution is -0.153.